The van der Waals surface area contributed by atoms with E-state index in [1.807, 2.05) is 29.2 Å². The van der Waals surface area contributed by atoms with Gasteiger partial charge in [-0.15, -0.1) is 0 Å². The van der Waals surface area contributed by atoms with Crippen LogP contribution in [0, 0.1) is 11.8 Å². The van der Waals surface area contributed by atoms with Gasteiger partial charge in [0.2, 0.25) is 5.91 Å². The molecule has 5 nitrogen and oxygen atoms in total. The van der Waals surface area contributed by atoms with E-state index in [-0.39, 0.29) is 5.91 Å². The van der Waals surface area contributed by atoms with Crippen LogP contribution >= 0.6 is 0 Å². The SMILES string of the molecule is COc1cccc(CC(=O)N2CCC(C3CC(C(C)C)NN3)CC2)c1. The van der Waals surface area contributed by atoms with Crippen molar-refractivity contribution < 1.29 is 9.53 Å². The molecule has 2 unspecified atom stereocenters. The molecule has 25 heavy (non-hydrogen) atoms. The maximum absolute atomic E-state index is 12.6. The van der Waals surface area contributed by atoms with Gasteiger partial charge in [-0.05, 0) is 48.8 Å². The number of likely N-dealkylation sites (tertiary alicyclic amines) is 1. The fourth-order valence-electron chi connectivity index (χ4n) is 3.97. The smallest absolute Gasteiger partial charge is 0.226 e. The molecule has 1 amide bonds. The van der Waals surface area contributed by atoms with Crippen molar-refractivity contribution in [2.75, 3.05) is 20.2 Å². The minimum atomic E-state index is 0.226. The van der Waals surface area contributed by atoms with Crippen molar-refractivity contribution in [1.82, 2.24) is 15.8 Å². The summed E-state index contributed by atoms with van der Waals surface area (Å²) in [5, 5.41) is 0. The Hall–Kier alpha value is -1.59. The second-order valence-electron chi connectivity index (χ2n) is 7.73. The molecule has 0 aromatic heterocycles. The minimum Gasteiger partial charge on any atom is -0.497 e. The summed E-state index contributed by atoms with van der Waals surface area (Å²) in [5.74, 6) is 2.35. The number of nitrogens with one attached hydrogen (secondary N) is 2. The van der Waals surface area contributed by atoms with Crippen molar-refractivity contribution >= 4 is 5.91 Å². The first-order valence-electron chi connectivity index (χ1n) is 9.48. The van der Waals surface area contributed by atoms with Gasteiger partial charge in [0.1, 0.15) is 5.75 Å². The van der Waals surface area contributed by atoms with Crippen LogP contribution in [0.15, 0.2) is 24.3 Å². The Kier molecular flexibility index (Phi) is 5.97. The van der Waals surface area contributed by atoms with E-state index in [1.165, 1.54) is 6.42 Å². The van der Waals surface area contributed by atoms with Gasteiger partial charge in [0.25, 0.3) is 0 Å². The van der Waals surface area contributed by atoms with Crippen LogP contribution in [0.25, 0.3) is 0 Å². The molecule has 1 aromatic carbocycles. The van der Waals surface area contributed by atoms with Gasteiger partial charge in [-0.25, -0.2) is 0 Å². The lowest BCUT2D eigenvalue weighted by Gasteiger charge is -2.34. The van der Waals surface area contributed by atoms with Gasteiger partial charge in [-0.2, -0.15) is 0 Å². The number of hydrogen-bond acceptors (Lipinski definition) is 4. The molecule has 2 atom stereocenters. The standard InChI is InChI=1S/C20H31N3O2/c1-14(2)18-13-19(22-21-18)16-7-9-23(10-8-16)20(24)12-15-5-4-6-17(11-15)25-3/h4-6,11,14,16,18-19,21-22H,7-10,12-13H2,1-3H3. The number of amides is 1. The molecule has 138 valence electrons. The van der Waals surface area contributed by atoms with Crippen molar-refractivity contribution in [3.05, 3.63) is 29.8 Å². The van der Waals surface area contributed by atoms with E-state index < -0.39 is 0 Å². The Morgan fingerprint density at radius 1 is 1.28 bits per heavy atom. The normalized spacial score (nSPS) is 24.7. The third-order valence-electron chi connectivity index (χ3n) is 5.72. The highest BCUT2D eigenvalue weighted by molar-refractivity contribution is 5.79. The third kappa shape index (κ3) is 4.53. The van der Waals surface area contributed by atoms with Crippen LogP contribution in [0.2, 0.25) is 0 Å². The number of hydrazine groups is 1. The largest absolute Gasteiger partial charge is 0.497 e. The molecular weight excluding hydrogens is 314 g/mol. The zero-order valence-corrected chi connectivity index (χ0v) is 15.6. The van der Waals surface area contributed by atoms with Gasteiger partial charge in [0.15, 0.2) is 0 Å². The molecule has 2 aliphatic heterocycles. The number of hydrogen-bond donors (Lipinski definition) is 2. The molecule has 2 N–H and O–H groups in total. The molecule has 3 rings (SSSR count). The van der Waals surface area contributed by atoms with Crippen molar-refractivity contribution in [1.29, 1.82) is 0 Å². The zero-order valence-electron chi connectivity index (χ0n) is 15.6. The molecule has 5 heteroatoms. The monoisotopic (exact) mass is 345 g/mol. The number of methoxy groups -OCH3 is 1. The summed E-state index contributed by atoms with van der Waals surface area (Å²) >= 11 is 0. The van der Waals surface area contributed by atoms with E-state index in [4.69, 9.17) is 4.74 Å². The van der Waals surface area contributed by atoms with Crippen LogP contribution in [0.1, 0.15) is 38.7 Å². The fourth-order valence-corrected chi connectivity index (χ4v) is 3.97. The van der Waals surface area contributed by atoms with Gasteiger partial charge in [0, 0.05) is 25.2 Å². The number of rotatable bonds is 5. The predicted molar refractivity (Wildman–Crippen MR) is 99.3 cm³/mol. The molecular formula is C20H31N3O2. The number of benzene rings is 1. The number of nitrogens with zero attached hydrogens (tertiary/aromatic N) is 1. The van der Waals surface area contributed by atoms with E-state index in [2.05, 4.69) is 24.7 Å². The van der Waals surface area contributed by atoms with Crippen molar-refractivity contribution in [2.45, 2.75) is 51.6 Å². The van der Waals surface area contributed by atoms with Crippen molar-refractivity contribution in [3.63, 3.8) is 0 Å². The number of piperidine rings is 1. The summed E-state index contributed by atoms with van der Waals surface area (Å²) in [6.45, 7) is 6.28. The molecule has 0 radical (unpaired) electrons. The summed E-state index contributed by atoms with van der Waals surface area (Å²) in [4.78, 5) is 14.6. The quantitative estimate of drug-likeness (QED) is 0.860. The molecule has 1 aromatic rings. The Bertz CT molecular complexity index is 582. The molecule has 0 bridgehead atoms. The lowest BCUT2D eigenvalue weighted by Crippen LogP contribution is -2.45. The summed E-state index contributed by atoms with van der Waals surface area (Å²) in [6, 6.07) is 8.91. The molecule has 0 aliphatic carbocycles. The maximum Gasteiger partial charge on any atom is 0.226 e. The molecule has 2 aliphatic rings. The van der Waals surface area contributed by atoms with E-state index in [9.17, 15) is 4.79 Å². The van der Waals surface area contributed by atoms with Gasteiger partial charge in [-0.1, -0.05) is 26.0 Å². The molecule has 2 saturated heterocycles. The van der Waals surface area contributed by atoms with Gasteiger partial charge < -0.3 is 9.64 Å². The Morgan fingerprint density at radius 2 is 2.04 bits per heavy atom. The van der Waals surface area contributed by atoms with Crippen LogP contribution in [0.4, 0.5) is 0 Å². The number of carbonyl (C=O) groups is 1. The third-order valence-corrected chi connectivity index (χ3v) is 5.72. The average molecular weight is 345 g/mol. The van der Waals surface area contributed by atoms with E-state index >= 15 is 0 Å². The van der Waals surface area contributed by atoms with Crippen LogP contribution in [-0.2, 0) is 11.2 Å². The predicted octanol–water partition coefficient (Wildman–Crippen LogP) is 2.37. The Balaban J connectivity index is 1.48. The minimum absolute atomic E-state index is 0.226. The van der Waals surface area contributed by atoms with Crippen molar-refractivity contribution in [2.24, 2.45) is 11.8 Å². The van der Waals surface area contributed by atoms with Gasteiger partial charge in [-0.3, -0.25) is 15.6 Å². The Labute approximate surface area is 151 Å². The fraction of sp³-hybridized carbons (Fsp3) is 0.650. The van der Waals surface area contributed by atoms with Crippen LogP contribution < -0.4 is 15.6 Å². The topological polar surface area (TPSA) is 53.6 Å². The highest BCUT2D eigenvalue weighted by Gasteiger charge is 2.34. The highest BCUT2D eigenvalue weighted by atomic mass is 16.5. The number of carbonyl (C=O) groups excluding carboxylic acids is 1. The first-order chi connectivity index (χ1) is 12.1. The van der Waals surface area contributed by atoms with Gasteiger partial charge in [0.05, 0.1) is 13.5 Å². The maximum atomic E-state index is 12.6. The first kappa shape index (κ1) is 18.2. The second kappa shape index (κ2) is 8.19. The lowest BCUT2D eigenvalue weighted by atomic mass is 9.85. The molecule has 0 saturated carbocycles. The highest BCUT2D eigenvalue weighted by Crippen LogP contribution is 2.27. The van der Waals surface area contributed by atoms with E-state index in [1.54, 1.807) is 7.11 Å². The van der Waals surface area contributed by atoms with E-state index in [0.717, 1.165) is 37.2 Å². The van der Waals surface area contributed by atoms with Crippen LogP contribution in [0.5, 0.6) is 5.75 Å². The van der Waals surface area contributed by atoms with Crippen molar-refractivity contribution in [3.8, 4) is 5.75 Å². The van der Waals surface area contributed by atoms with Crippen LogP contribution in [0.3, 0.4) is 0 Å². The molecule has 2 heterocycles. The van der Waals surface area contributed by atoms with Crippen LogP contribution in [-0.4, -0.2) is 43.1 Å². The summed E-state index contributed by atoms with van der Waals surface area (Å²) < 4.78 is 5.24. The zero-order chi connectivity index (χ0) is 17.8. The second-order valence-corrected chi connectivity index (χ2v) is 7.73. The number of ether oxygens (including phenoxy) is 1. The van der Waals surface area contributed by atoms with Gasteiger partial charge >= 0.3 is 0 Å². The molecule has 2 fully saturated rings. The lowest BCUT2D eigenvalue weighted by molar-refractivity contribution is -0.132. The average Bonchev–Trinajstić information content (AvgIpc) is 3.12. The summed E-state index contributed by atoms with van der Waals surface area (Å²) in [7, 11) is 1.65. The summed E-state index contributed by atoms with van der Waals surface area (Å²) in [5.41, 5.74) is 7.95. The van der Waals surface area contributed by atoms with E-state index in [0.29, 0.717) is 30.3 Å². The Morgan fingerprint density at radius 3 is 2.68 bits per heavy atom. The molecule has 0 spiro atoms. The first-order valence-corrected chi connectivity index (χ1v) is 9.48. The summed E-state index contributed by atoms with van der Waals surface area (Å²) in [6.07, 6.45) is 3.84.